The number of ether oxygens (including phenoxy) is 1. The van der Waals surface area contributed by atoms with E-state index in [-0.39, 0.29) is 12.0 Å². The highest BCUT2D eigenvalue weighted by Crippen LogP contribution is 2.41. The van der Waals surface area contributed by atoms with Gasteiger partial charge in [0, 0.05) is 12.6 Å². The lowest BCUT2D eigenvalue weighted by atomic mass is 9.90. The van der Waals surface area contributed by atoms with Crippen LogP contribution in [0, 0.1) is 26.7 Å². The second kappa shape index (κ2) is 5.62. The largest absolute Gasteiger partial charge is 0.495 e. The molecule has 2 unspecified atom stereocenters. The Morgan fingerprint density at radius 3 is 2.45 bits per heavy atom. The Morgan fingerprint density at radius 2 is 1.95 bits per heavy atom. The molecule has 2 atom stereocenters. The van der Waals surface area contributed by atoms with Gasteiger partial charge in [-0.15, -0.1) is 0 Å². The summed E-state index contributed by atoms with van der Waals surface area (Å²) in [5.74, 6) is -0.371. The minimum Gasteiger partial charge on any atom is -0.495 e. The topological polar surface area (TPSA) is 58.6 Å². The number of carboxylic acids is 1. The van der Waals surface area contributed by atoms with Gasteiger partial charge >= 0.3 is 5.97 Å². The van der Waals surface area contributed by atoms with Crippen molar-refractivity contribution < 1.29 is 14.6 Å². The average molecular weight is 298 g/mol. The lowest BCUT2D eigenvalue weighted by Crippen LogP contribution is -2.18. The lowest BCUT2D eigenvalue weighted by molar-refractivity contribution is -0.141. The van der Waals surface area contributed by atoms with Crippen molar-refractivity contribution in [3.8, 4) is 5.75 Å². The molecule has 20 heavy (non-hydrogen) atoms. The summed E-state index contributed by atoms with van der Waals surface area (Å²) in [5.41, 5.74) is 4.21. The quantitative estimate of drug-likeness (QED) is 0.900. The predicted molar refractivity (Wildman–Crippen MR) is 78.7 cm³/mol. The first-order valence-corrected chi connectivity index (χ1v) is 7.05. The molecule has 2 N–H and O–H groups in total. The number of carbonyl (C=O) groups is 1. The average Bonchev–Trinajstić information content (AvgIpc) is 2.87. The first kappa shape index (κ1) is 15.1. The van der Waals surface area contributed by atoms with E-state index in [2.05, 4.69) is 5.32 Å². The van der Waals surface area contributed by atoms with Gasteiger partial charge in [-0.2, -0.15) is 0 Å². The summed E-state index contributed by atoms with van der Waals surface area (Å²) in [6.07, 6.45) is 0.596. The van der Waals surface area contributed by atoms with Gasteiger partial charge in [0.05, 0.1) is 18.1 Å². The molecular formula is C15H20ClNO3. The maximum absolute atomic E-state index is 11.1. The molecule has 0 spiro atoms. The van der Waals surface area contributed by atoms with E-state index < -0.39 is 5.97 Å². The number of hydrogen-bond acceptors (Lipinski definition) is 3. The molecule has 110 valence electrons. The summed E-state index contributed by atoms with van der Waals surface area (Å²) < 4.78 is 5.37. The number of carboxylic acid groups (broad SMARTS) is 1. The van der Waals surface area contributed by atoms with Crippen LogP contribution in [0.3, 0.4) is 0 Å². The van der Waals surface area contributed by atoms with Crippen molar-refractivity contribution in [2.24, 2.45) is 5.92 Å². The van der Waals surface area contributed by atoms with Gasteiger partial charge in [-0.1, -0.05) is 11.6 Å². The zero-order valence-electron chi connectivity index (χ0n) is 12.2. The van der Waals surface area contributed by atoms with Crippen LogP contribution in [0.5, 0.6) is 5.75 Å². The van der Waals surface area contributed by atoms with Crippen LogP contribution in [-0.2, 0) is 4.79 Å². The van der Waals surface area contributed by atoms with Gasteiger partial charge in [0.1, 0.15) is 5.75 Å². The molecular weight excluding hydrogens is 278 g/mol. The molecule has 0 aliphatic carbocycles. The second-order valence-corrected chi connectivity index (χ2v) is 5.75. The van der Waals surface area contributed by atoms with Crippen LogP contribution in [0.25, 0.3) is 0 Å². The Hall–Kier alpha value is -1.26. The van der Waals surface area contributed by atoms with Gasteiger partial charge in [-0.3, -0.25) is 4.79 Å². The van der Waals surface area contributed by atoms with Crippen LogP contribution in [0.4, 0.5) is 0 Å². The SMILES string of the molecule is COc1c(C)c(C)c(C2CC(C(=O)O)CN2)c(C)c1Cl. The molecule has 0 saturated carbocycles. The summed E-state index contributed by atoms with van der Waals surface area (Å²) in [4.78, 5) is 11.1. The number of hydrogen-bond donors (Lipinski definition) is 2. The number of benzene rings is 1. The third-order valence-electron chi connectivity index (χ3n) is 4.27. The van der Waals surface area contributed by atoms with E-state index in [0.717, 1.165) is 22.3 Å². The summed E-state index contributed by atoms with van der Waals surface area (Å²) >= 11 is 6.38. The Morgan fingerprint density at radius 1 is 1.30 bits per heavy atom. The van der Waals surface area contributed by atoms with Gasteiger partial charge in [0.15, 0.2) is 0 Å². The van der Waals surface area contributed by atoms with Crippen LogP contribution in [0.1, 0.15) is 34.7 Å². The molecule has 4 nitrogen and oxygen atoms in total. The van der Waals surface area contributed by atoms with Gasteiger partial charge in [0.25, 0.3) is 0 Å². The molecule has 2 rings (SSSR count). The Labute approximate surface area is 124 Å². The number of methoxy groups -OCH3 is 1. The Bertz CT molecular complexity index is 528. The van der Waals surface area contributed by atoms with E-state index >= 15 is 0 Å². The van der Waals surface area contributed by atoms with Crippen LogP contribution in [-0.4, -0.2) is 24.7 Å². The Kier molecular flexibility index (Phi) is 4.25. The zero-order valence-corrected chi connectivity index (χ0v) is 13.0. The molecule has 0 amide bonds. The summed E-state index contributed by atoms with van der Waals surface area (Å²) in [5, 5.41) is 13.0. The van der Waals surface area contributed by atoms with Crippen molar-refractivity contribution in [3.05, 3.63) is 27.3 Å². The minimum atomic E-state index is -0.744. The van der Waals surface area contributed by atoms with Gasteiger partial charge < -0.3 is 15.2 Å². The van der Waals surface area contributed by atoms with E-state index in [0.29, 0.717) is 23.7 Å². The molecule has 0 bridgehead atoms. The lowest BCUT2D eigenvalue weighted by Gasteiger charge is -2.22. The number of halogens is 1. The summed E-state index contributed by atoms with van der Waals surface area (Å²) in [6.45, 7) is 6.48. The maximum Gasteiger partial charge on any atom is 0.307 e. The van der Waals surface area contributed by atoms with E-state index in [4.69, 9.17) is 21.4 Å². The fraction of sp³-hybridized carbons (Fsp3) is 0.533. The van der Waals surface area contributed by atoms with Crippen molar-refractivity contribution in [1.82, 2.24) is 5.32 Å². The predicted octanol–water partition coefficient (Wildman–Crippen LogP) is 3.01. The van der Waals surface area contributed by atoms with Crippen molar-refractivity contribution in [2.75, 3.05) is 13.7 Å². The van der Waals surface area contributed by atoms with Gasteiger partial charge in [-0.05, 0) is 49.4 Å². The monoisotopic (exact) mass is 297 g/mol. The fourth-order valence-corrected chi connectivity index (χ4v) is 3.34. The number of nitrogens with one attached hydrogen (secondary N) is 1. The number of aliphatic carboxylic acids is 1. The number of rotatable bonds is 3. The highest BCUT2D eigenvalue weighted by Gasteiger charge is 2.33. The molecule has 1 aromatic carbocycles. The van der Waals surface area contributed by atoms with Crippen LogP contribution < -0.4 is 10.1 Å². The van der Waals surface area contributed by atoms with Gasteiger partial charge in [-0.25, -0.2) is 0 Å². The van der Waals surface area contributed by atoms with Crippen LogP contribution in [0.2, 0.25) is 5.02 Å². The van der Waals surface area contributed by atoms with E-state index in [1.54, 1.807) is 7.11 Å². The highest BCUT2D eigenvalue weighted by atomic mass is 35.5. The molecule has 0 aromatic heterocycles. The van der Waals surface area contributed by atoms with Crippen molar-refractivity contribution >= 4 is 17.6 Å². The van der Waals surface area contributed by atoms with Crippen LogP contribution in [0.15, 0.2) is 0 Å². The molecule has 0 radical (unpaired) electrons. The zero-order chi connectivity index (χ0) is 15.0. The molecule has 1 heterocycles. The maximum atomic E-state index is 11.1. The first-order chi connectivity index (χ1) is 9.38. The normalized spacial score (nSPS) is 22.1. The van der Waals surface area contributed by atoms with Crippen LogP contribution >= 0.6 is 11.6 Å². The van der Waals surface area contributed by atoms with Crippen molar-refractivity contribution in [3.63, 3.8) is 0 Å². The molecule has 1 aromatic rings. The standard InChI is InChI=1S/C15H20ClNO3/c1-7-8(2)14(20-4)13(16)9(3)12(7)11-5-10(6-17-11)15(18)19/h10-11,17H,5-6H2,1-4H3,(H,18,19). The molecule has 5 heteroatoms. The Balaban J connectivity index is 2.46. The molecule has 1 aliphatic rings. The first-order valence-electron chi connectivity index (χ1n) is 6.67. The smallest absolute Gasteiger partial charge is 0.307 e. The summed E-state index contributed by atoms with van der Waals surface area (Å²) in [7, 11) is 1.61. The third kappa shape index (κ3) is 2.38. The molecule has 1 saturated heterocycles. The van der Waals surface area contributed by atoms with Crippen molar-refractivity contribution in [2.45, 2.75) is 33.2 Å². The summed E-state index contributed by atoms with van der Waals surface area (Å²) in [6, 6.07) is 0.0400. The van der Waals surface area contributed by atoms with Crippen molar-refractivity contribution in [1.29, 1.82) is 0 Å². The minimum absolute atomic E-state index is 0.0400. The second-order valence-electron chi connectivity index (χ2n) is 5.37. The van der Waals surface area contributed by atoms with E-state index in [1.807, 2.05) is 20.8 Å². The van der Waals surface area contributed by atoms with E-state index in [1.165, 1.54) is 0 Å². The molecule has 1 aliphatic heterocycles. The fourth-order valence-electron chi connectivity index (χ4n) is 3.02. The molecule has 1 fully saturated rings. The van der Waals surface area contributed by atoms with Gasteiger partial charge in [0.2, 0.25) is 0 Å². The highest BCUT2D eigenvalue weighted by molar-refractivity contribution is 6.33. The third-order valence-corrected chi connectivity index (χ3v) is 4.73. The van der Waals surface area contributed by atoms with E-state index in [9.17, 15) is 4.79 Å².